The van der Waals surface area contributed by atoms with E-state index in [4.69, 9.17) is 18.9 Å². The molecule has 0 radical (unpaired) electrons. The van der Waals surface area contributed by atoms with Gasteiger partial charge in [0.2, 0.25) is 0 Å². The summed E-state index contributed by atoms with van der Waals surface area (Å²) in [7, 11) is 13.6. The fourth-order valence-electron chi connectivity index (χ4n) is 6.86. The minimum atomic E-state index is -0.0602. The van der Waals surface area contributed by atoms with Crippen molar-refractivity contribution in [2.45, 2.75) is 181 Å². The van der Waals surface area contributed by atoms with Gasteiger partial charge in [0.1, 0.15) is 0 Å². The molecule has 0 bridgehead atoms. The van der Waals surface area contributed by atoms with Crippen molar-refractivity contribution in [2.24, 2.45) is 5.41 Å². The maximum absolute atomic E-state index is 6.50. The number of rotatable bonds is 42. The van der Waals surface area contributed by atoms with E-state index in [1.807, 2.05) is 0 Å². The van der Waals surface area contributed by atoms with Crippen molar-refractivity contribution in [2.75, 3.05) is 108 Å². The summed E-state index contributed by atoms with van der Waals surface area (Å²) < 4.78 is 27.3. The van der Waals surface area contributed by atoms with Gasteiger partial charge in [-0.1, -0.05) is 142 Å². The third-order valence-corrected chi connectivity index (χ3v) is 10.2. The summed E-state index contributed by atoms with van der Waals surface area (Å²) in [6, 6.07) is 0. The fraction of sp³-hybridized carbons (Fsp3) is 1.00. The quantitative estimate of drug-likeness (QED) is 0.0452. The molecule has 0 unspecified atom stereocenters. The van der Waals surface area contributed by atoms with Crippen LogP contribution in [0.2, 0.25) is 0 Å². The molecule has 0 rings (SSSR count). The SMILES string of the molecule is CCCCCCCCCCCCCCOCC(CCCCCCCCOCCCCCCC)(COCCC[N+](C)(C)C)COCCC[N+](C)(C)C.[I-].[I-]. The smallest absolute Gasteiger partial charge is 0.0802 e. The van der Waals surface area contributed by atoms with Gasteiger partial charge in [-0.05, 0) is 25.7 Å². The van der Waals surface area contributed by atoms with Crippen LogP contribution in [0.25, 0.3) is 0 Å². The Morgan fingerprint density at radius 3 is 0.906 bits per heavy atom. The summed E-state index contributed by atoms with van der Waals surface area (Å²) in [5, 5.41) is 0. The van der Waals surface area contributed by atoms with E-state index in [9.17, 15) is 0 Å². The first-order valence-corrected chi connectivity index (χ1v) is 22.5. The third kappa shape index (κ3) is 45.8. The van der Waals surface area contributed by atoms with E-state index in [0.29, 0.717) is 0 Å². The van der Waals surface area contributed by atoms with Gasteiger partial charge in [-0.2, -0.15) is 0 Å². The molecule has 0 fully saturated rings. The summed E-state index contributed by atoms with van der Waals surface area (Å²) in [5.41, 5.74) is -0.0602. The molecule has 0 N–H and O–H groups in total. The van der Waals surface area contributed by atoms with E-state index >= 15 is 0 Å². The Hall–Kier alpha value is 1.22. The highest BCUT2D eigenvalue weighted by atomic mass is 127. The van der Waals surface area contributed by atoms with Gasteiger partial charge in [-0.15, -0.1) is 0 Å². The minimum Gasteiger partial charge on any atom is -1.00 e. The molecular weight excluding hydrogens is 886 g/mol. The summed E-state index contributed by atoms with van der Waals surface area (Å²) in [5.74, 6) is 0. The van der Waals surface area contributed by atoms with Crippen LogP contribution in [0.15, 0.2) is 0 Å². The first kappa shape index (κ1) is 58.5. The Kier molecular flexibility index (Phi) is 45.7. The zero-order chi connectivity index (χ0) is 37.8. The number of nitrogens with zero attached hydrogens (tertiary/aromatic N) is 2. The molecular formula is C45H96I2N2O4. The molecule has 0 atom stereocenters. The molecule has 0 saturated carbocycles. The number of quaternary nitrogens is 2. The van der Waals surface area contributed by atoms with Crippen molar-refractivity contribution < 1.29 is 75.9 Å². The number of halogens is 2. The maximum Gasteiger partial charge on any atom is 0.0802 e. The van der Waals surface area contributed by atoms with Crippen LogP contribution in [-0.4, -0.2) is 117 Å². The van der Waals surface area contributed by atoms with Crippen LogP contribution in [0.3, 0.4) is 0 Å². The molecule has 0 aromatic heterocycles. The highest BCUT2D eigenvalue weighted by Gasteiger charge is 2.31. The topological polar surface area (TPSA) is 36.9 Å². The number of unbranched alkanes of at least 4 members (excludes halogenated alkanes) is 20. The summed E-state index contributed by atoms with van der Waals surface area (Å²) in [4.78, 5) is 0. The lowest BCUT2D eigenvalue weighted by Gasteiger charge is -2.34. The molecule has 0 spiro atoms. The Labute approximate surface area is 367 Å². The van der Waals surface area contributed by atoms with E-state index < -0.39 is 0 Å². The van der Waals surface area contributed by atoms with Crippen molar-refractivity contribution in [1.29, 1.82) is 0 Å². The first-order valence-electron chi connectivity index (χ1n) is 22.5. The maximum atomic E-state index is 6.50. The van der Waals surface area contributed by atoms with E-state index in [0.717, 1.165) is 94.2 Å². The summed E-state index contributed by atoms with van der Waals surface area (Å²) in [6.07, 6.45) is 34.0. The van der Waals surface area contributed by atoms with E-state index in [1.54, 1.807) is 0 Å². The normalized spacial score (nSPS) is 12.2. The molecule has 53 heavy (non-hydrogen) atoms. The van der Waals surface area contributed by atoms with E-state index in [1.165, 1.54) is 148 Å². The average Bonchev–Trinajstić information content (AvgIpc) is 3.07. The second kappa shape index (κ2) is 41.4. The largest absolute Gasteiger partial charge is 1.00 e. The first-order chi connectivity index (χ1) is 24.5. The van der Waals surface area contributed by atoms with Gasteiger partial charge in [0, 0.05) is 38.1 Å². The monoisotopic (exact) mass is 983 g/mol. The van der Waals surface area contributed by atoms with Gasteiger partial charge in [0.05, 0.1) is 88.4 Å². The van der Waals surface area contributed by atoms with Crippen LogP contribution in [0.4, 0.5) is 0 Å². The van der Waals surface area contributed by atoms with Crippen LogP contribution in [0.5, 0.6) is 0 Å². The molecule has 0 aliphatic rings. The number of hydrogen-bond acceptors (Lipinski definition) is 4. The van der Waals surface area contributed by atoms with Crippen molar-refractivity contribution in [3.8, 4) is 0 Å². The van der Waals surface area contributed by atoms with Gasteiger partial charge < -0.3 is 75.9 Å². The van der Waals surface area contributed by atoms with Crippen LogP contribution < -0.4 is 48.0 Å². The number of ether oxygens (including phenoxy) is 4. The van der Waals surface area contributed by atoms with Crippen LogP contribution in [0, 0.1) is 5.41 Å². The highest BCUT2D eigenvalue weighted by Crippen LogP contribution is 2.28. The van der Waals surface area contributed by atoms with Crippen molar-refractivity contribution in [3.63, 3.8) is 0 Å². The van der Waals surface area contributed by atoms with Gasteiger partial charge in [-0.3, -0.25) is 0 Å². The van der Waals surface area contributed by atoms with E-state index in [2.05, 4.69) is 56.1 Å². The van der Waals surface area contributed by atoms with Gasteiger partial charge in [0.25, 0.3) is 0 Å². The zero-order valence-corrected chi connectivity index (χ0v) is 41.6. The second-order valence-electron chi connectivity index (χ2n) is 18.2. The second-order valence-corrected chi connectivity index (χ2v) is 18.2. The van der Waals surface area contributed by atoms with Gasteiger partial charge in [-0.25, -0.2) is 0 Å². The summed E-state index contributed by atoms with van der Waals surface area (Å²) in [6.45, 7) is 13.5. The predicted octanol–water partition coefficient (Wildman–Crippen LogP) is 5.64. The Morgan fingerprint density at radius 2 is 0.585 bits per heavy atom. The van der Waals surface area contributed by atoms with Gasteiger partial charge in [0.15, 0.2) is 0 Å². The Morgan fingerprint density at radius 1 is 0.321 bits per heavy atom. The highest BCUT2D eigenvalue weighted by molar-refractivity contribution is 4.80. The van der Waals surface area contributed by atoms with Crippen molar-refractivity contribution in [3.05, 3.63) is 0 Å². The molecule has 0 amide bonds. The van der Waals surface area contributed by atoms with Crippen LogP contribution in [-0.2, 0) is 18.9 Å². The van der Waals surface area contributed by atoms with Crippen molar-refractivity contribution in [1.82, 2.24) is 0 Å². The van der Waals surface area contributed by atoms with Crippen LogP contribution in [0.1, 0.15) is 181 Å². The molecule has 0 aromatic rings. The lowest BCUT2D eigenvalue weighted by atomic mass is 9.84. The molecule has 8 heteroatoms. The molecule has 0 saturated heterocycles. The molecule has 0 heterocycles. The van der Waals surface area contributed by atoms with E-state index in [-0.39, 0.29) is 53.4 Å². The Balaban J connectivity index is -0.0000125. The third-order valence-electron chi connectivity index (χ3n) is 10.2. The van der Waals surface area contributed by atoms with Crippen LogP contribution >= 0.6 is 0 Å². The summed E-state index contributed by atoms with van der Waals surface area (Å²) >= 11 is 0. The van der Waals surface area contributed by atoms with Gasteiger partial charge >= 0.3 is 0 Å². The molecule has 6 nitrogen and oxygen atoms in total. The molecule has 324 valence electrons. The lowest BCUT2D eigenvalue weighted by molar-refractivity contribution is -0.870. The number of hydrogen-bond donors (Lipinski definition) is 0. The minimum absolute atomic E-state index is 0. The molecule has 0 aromatic carbocycles. The molecule has 0 aliphatic carbocycles. The predicted molar refractivity (Wildman–Crippen MR) is 223 cm³/mol. The lowest BCUT2D eigenvalue weighted by Crippen LogP contribution is -3.00. The fourth-order valence-corrected chi connectivity index (χ4v) is 6.86. The average molecular weight is 983 g/mol. The standard InChI is InChI=1S/C45H96N2O4.2HI/c1-9-11-13-15-16-17-18-19-20-22-27-31-39-49-42-45(43-50-40-32-35-46(3,4)5,44-51-41-33-36-47(6,7)8)34-28-24-21-23-26-30-38-48-37-29-25-14-12-10-2;;/h9-44H2,1-8H3;2*1H/q+2;;/p-2. The Bertz CT molecular complexity index is 645. The zero-order valence-electron chi connectivity index (χ0n) is 37.2. The van der Waals surface area contributed by atoms with Crippen molar-refractivity contribution >= 4 is 0 Å². The molecule has 0 aliphatic heterocycles.